The number of hydrogen-bond acceptors (Lipinski definition) is 5. The van der Waals surface area contributed by atoms with Crippen molar-refractivity contribution in [3.63, 3.8) is 0 Å². The summed E-state index contributed by atoms with van der Waals surface area (Å²) in [5.74, 6) is 0.520. The highest BCUT2D eigenvalue weighted by Gasteiger charge is 2.32. The van der Waals surface area contributed by atoms with Crippen LogP contribution in [0.4, 0.5) is 5.88 Å². The molecule has 7 heteroatoms. The van der Waals surface area contributed by atoms with E-state index < -0.39 is 9.84 Å². The second-order valence-corrected chi connectivity index (χ2v) is 9.25. The van der Waals surface area contributed by atoms with Crippen LogP contribution in [0.1, 0.15) is 24.8 Å². The zero-order valence-corrected chi connectivity index (χ0v) is 17.1. The lowest BCUT2D eigenvalue weighted by molar-refractivity contribution is 0.499. The zero-order valence-electron chi connectivity index (χ0n) is 15.6. The Morgan fingerprint density at radius 3 is 2.36 bits per heavy atom. The minimum absolute atomic E-state index is 0.0480. The Kier molecular flexibility index (Phi) is 5.17. The van der Waals surface area contributed by atoms with E-state index in [1.807, 2.05) is 24.0 Å². The number of aryl methyl sites for hydroxylation is 1. The Bertz CT molecular complexity index is 1090. The summed E-state index contributed by atoms with van der Waals surface area (Å²) < 4.78 is 32.7. The highest BCUT2D eigenvalue weighted by atomic mass is 35.5. The summed E-state index contributed by atoms with van der Waals surface area (Å²) in [6, 6.07) is 13.9. The van der Waals surface area contributed by atoms with Gasteiger partial charge in [-0.25, -0.2) is 8.42 Å². The number of nitrogens with zero attached hydrogens (tertiary/aromatic N) is 2. The first-order valence-corrected chi connectivity index (χ1v) is 11.2. The molecule has 1 aliphatic heterocycles. The van der Waals surface area contributed by atoms with Gasteiger partial charge in [-0.05, 0) is 50.5 Å². The predicted octanol–water partition coefficient (Wildman–Crippen LogP) is 5.13. The van der Waals surface area contributed by atoms with Gasteiger partial charge in [-0.1, -0.05) is 41.4 Å². The topological polar surface area (TPSA) is 63.4 Å². The molecule has 2 aromatic carbocycles. The molecule has 1 fully saturated rings. The van der Waals surface area contributed by atoms with Crippen LogP contribution in [0.5, 0.6) is 0 Å². The van der Waals surface area contributed by atoms with Crippen molar-refractivity contribution in [1.29, 1.82) is 0 Å². The molecule has 5 nitrogen and oxygen atoms in total. The van der Waals surface area contributed by atoms with Crippen LogP contribution in [-0.2, 0) is 9.84 Å². The summed E-state index contributed by atoms with van der Waals surface area (Å²) >= 11 is 6.29. The average molecular weight is 417 g/mol. The second-order valence-electron chi connectivity index (χ2n) is 6.97. The highest BCUT2D eigenvalue weighted by Crippen LogP contribution is 2.37. The quantitative estimate of drug-likeness (QED) is 0.590. The second kappa shape index (κ2) is 7.60. The molecule has 0 saturated carbocycles. The van der Waals surface area contributed by atoms with Gasteiger partial charge in [0.2, 0.25) is 26.6 Å². The Hall–Kier alpha value is -2.31. The standard InChI is InChI=1S/C21H21ClN2O3S/c1-15-9-11-16(12-10-15)28(25,26)20-21(24-13-5-2-6-14-24)27-19(23-20)17-7-3-4-8-18(17)22/h3-4,7-12H,2,5-6,13-14H2,1H3. The van der Waals surface area contributed by atoms with E-state index in [2.05, 4.69) is 4.98 Å². The summed E-state index contributed by atoms with van der Waals surface area (Å²) in [4.78, 5) is 6.58. The highest BCUT2D eigenvalue weighted by molar-refractivity contribution is 7.91. The number of anilines is 1. The largest absolute Gasteiger partial charge is 0.419 e. The van der Waals surface area contributed by atoms with Crippen LogP contribution < -0.4 is 4.90 Å². The van der Waals surface area contributed by atoms with E-state index in [9.17, 15) is 8.42 Å². The number of hydrogen-bond donors (Lipinski definition) is 0. The lowest BCUT2D eigenvalue weighted by Crippen LogP contribution is -2.30. The molecule has 0 radical (unpaired) electrons. The molecule has 0 bridgehead atoms. The van der Waals surface area contributed by atoms with Crippen molar-refractivity contribution in [3.8, 4) is 11.5 Å². The number of oxazole rings is 1. The molecule has 0 atom stereocenters. The lowest BCUT2D eigenvalue weighted by Gasteiger charge is -2.26. The van der Waals surface area contributed by atoms with E-state index >= 15 is 0 Å². The van der Waals surface area contributed by atoms with E-state index in [0.717, 1.165) is 37.9 Å². The van der Waals surface area contributed by atoms with Gasteiger partial charge in [-0.3, -0.25) is 0 Å². The Morgan fingerprint density at radius 1 is 1.00 bits per heavy atom. The molecule has 0 aliphatic carbocycles. The number of benzene rings is 2. The van der Waals surface area contributed by atoms with Gasteiger partial charge in [0.05, 0.1) is 15.5 Å². The van der Waals surface area contributed by atoms with Gasteiger partial charge >= 0.3 is 0 Å². The third-order valence-electron chi connectivity index (χ3n) is 4.91. The normalized spacial score (nSPS) is 15.0. The summed E-state index contributed by atoms with van der Waals surface area (Å²) in [7, 11) is -3.83. The van der Waals surface area contributed by atoms with Crippen molar-refractivity contribution in [1.82, 2.24) is 4.98 Å². The van der Waals surface area contributed by atoms with Crippen molar-refractivity contribution in [3.05, 3.63) is 59.1 Å². The third kappa shape index (κ3) is 3.54. The Balaban J connectivity index is 1.87. The van der Waals surface area contributed by atoms with Crippen LogP contribution in [0.2, 0.25) is 5.02 Å². The van der Waals surface area contributed by atoms with E-state index in [1.54, 1.807) is 36.4 Å². The van der Waals surface area contributed by atoms with E-state index in [1.165, 1.54) is 0 Å². The first-order chi connectivity index (χ1) is 13.5. The fraction of sp³-hybridized carbons (Fsp3) is 0.286. The smallest absolute Gasteiger partial charge is 0.236 e. The average Bonchev–Trinajstić information content (AvgIpc) is 3.15. The third-order valence-corrected chi connectivity index (χ3v) is 6.91. The van der Waals surface area contributed by atoms with Gasteiger partial charge in [0.15, 0.2) is 0 Å². The molecule has 0 unspecified atom stereocenters. The first-order valence-electron chi connectivity index (χ1n) is 9.29. The van der Waals surface area contributed by atoms with Crippen molar-refractivity contribution >= 4 is 27.3 Å². The molecule has 1 aliphatic rings. The summed E-state index contributed by atoms with van der Waals surface area (Å²) in [6.07, 6.45) is 3.11. The maximum absolute atomic E-state index is 13.4. The molecule has 146 valence electrons. The lowest BCUT2D eigenvalue weighted by atomic mass is 10.1. The van der Waals surface area contributed by atoms with Crippen LogP contribution in [0.15, 0.2) is 62.9 Å². The zero-order chi connectivity index (χ0) is 19.7. The predicted molar refractivity (Wildman–Crippen MR) is 110 cm³/mol. The monoisotopic (exact) mass is 416 g/mol. The molecule has 4 rings (SSSR count). The van der Waals surface area contributed by atoms with Crippen molar-refractivity contribution in [2.75, 3.05) is 18.0 Å². The van der Waals surface area contributed by atoms with Crippen LogP contribution in [0.3, 0.4) is 0 Å². The van der Waals surface area contributed by atoms with Crippen LogP contribution >= 0.6 is 11.6 Å². The number of rotatable bonds is 4. The van der Waals surface area contributed by atoms with E-state index in [4.69, 9.17) is 16.0 Å². The molecular formula is C21H21ClN2O3S. The fourth-order valence-corrected chi connectivity index (χ4v) is 4.89. The van der Waals surface area contributed by atoms with Crippen molar-refractivity contribution < 1.29 is 12.8 Å². The van der Waals surface area contributed by atoms with Crippen LogP contribution in [-0.4, -0.2) is 26.5 Å². The Labute approximate surface area is 169 Å². The minimum Gasteiger partial charge on any atom is -0.419 e. The van der Waals surface area contributed by atoms with Crippen LogP contribution in [0, 0.1) is 6.92 Å². The molecule has 0 amide bonds. The molecule has 2 heterocycles. The van der Waals surface area contributed by atoms with Gasteiger partial charge in [0, 0.05) is 13.1 Å². The number of piperidine rings is 1. The Morgan fingerprint density at radius 2 is 1.68 bits per heavy atom. The summed E-state index contributed by atoms with van der Waals surface area (Å²) in [5.41, 5.74) is 1.57. The fourth-order valence-electron chi connectivity index (χ4n) is 3.35. The van der Waals surface area contributed by atoms with E-state index in [-0.39, 0.29) is 15.8 Å². The summed E-state index contributed by atoms with van der Waals surface area (Å²) in [6.45, 7) is 3.41. The number of aromatic nitrogens is 1. The van der Waals surface area contributed by atoms with Crippen molar-refractivity contribution in [2.24, 2.45) is 0 Å². The molecular weight excluding hydrogens is 396 g/mol. The van der Waals surface area contributed by atoms with Gasteiger partial charge in [0.1, 0.15) is 0 Å². The summed E-state index contributed by atoms with van der Waals surface area (Å²) in [5, 5.41) is 0.418. The molecule has 3 aromatic rings. The van der Waals surface area contributed by atoms with Gasteiger partial charge in [-0.15, -0.1) is 0 Å². The SMILES string of the molecule is Cc1ccc(S(=O)(=O)c2nc(-c3ccccc3Cl)oc2N2CCCCC2)cc1. The molecule has 1 aromatic heterocycles. The minimum atomic E-state index is -3.83. The van der Waals surface area contributed by atoms with Gasteiger partial charge in [-0.2, -0.15) is 4.98 Å². The molecule has 1 saturated heterocycles. The maximum atomic E-state index is 13.4. The maximum Gasteiger partial charge on any atom is 0.236 e. The van der Waals surface area contributed by atoms with Gasteiger partial charge < -0.3 is 9.32 Å². The molecule has 0 spiro atoms. The molecule has 0 N–H and O–H groups in total. The first kappa shape index (κ1) is 19.0. The van der Waals surface area contributed by atoms with Gasteiger partial charge in [0.25, 0.3) is 0 Å². The van der Waals surface area contributed by atoms with Crippen LogP contribution in [0.25, 0.3) is 11.5 Å². The molecule has 28 heavy (non-hydrogen) atoms. The number of halogens is 1. The number of sulfone groups is 1. The van der Waals surface area contributed by atoms with E-state index in [0.29, 0.717) is 16.5 Å². The van der Waals surface area contributed by atoms with Crippen molar-refractivity contribution in [2.45, 2.75) is 36.1 Å².